The van der Waals surface area contributed by atoms with E-state index in [0.29, 0.717) is 0 Å². The average molecular weight is 216 g/mol. The van der Waals surface area contributed by atoms with Crippen LogP contribution in [0, 0.1) is 5.92 Å². The zero-order chi connectivity index (χ0) is 10.6. The molecule has 0 aromatic carbocycles. The SMILES string of the molecule is c1cc2c(cn1)CC1(CN3CCC1CC3)O2. The highest BCUT2D eigenvalue weighted by Gasteiger charge is 2.51. The zero-order valence-corrected chi connectivity index (χ0v) is 9.35. The van der Waals surface area contributed by atoms with Crippen LogP contribution >= 0.6 is 0 Å². The fraction of sp³-hybridized carbons (Fsp3) is 0.615. The molecule has 3 heteroatoms. The minimum atomic E-state index is 0.0852. The lowest BCUT2D eigenvalue weighted by Crippen LogP contribution is -2.61. The van der Waals surface area contributed by atoms with Crippen LogP contribution in [0.4, 0.5) is 0 Å². The standard InChI is InChI=1S/C13H16N2O/c1-4-14-8-10-7-13(16-12(1)10)9-15-5-2-11(13)3-6-15/h1,4,8,11H,2-3,5-7,9H2. The lowest BCUT2D eigenvalue weighted by atomic mass is 9.73. The molecule has 3 nitrogen and oxygen atoms in total. The van der Waals surface area contributed by atoms with Crippen molar-refractivity contribution in [3.63, 3.8) is 0 Å². The largest absolute Gasteiger partial charge is 0.485 e. The molecule has 5 heterocycles. The molecule has 3 saturated heterocycles. The molecule has 1 aromatic rings. The van der Waals surface area contributed by atoms with E-state index in [4.69, 9.17) is 4.74 Å². The first kappa shape index (κ1) is 8.99. The van der Waals surface area contributed by atoms with Crippen LogP contribution in [0.15, 0.2) is 18.5 Å². The van der Waals surface area contributed by atoms with E-state index in [2.05, 4.69) is 9.88 Å². The summed E-state index contributed by atoms with van der Waals surface area (Å²) >= 11 is 0. The molecule has 1 unspecified atom stereocenters. The zero-order valence-electron chi connectivity index (χ0n) is 9.35. The highest BCUT2D eigenvalue weighted by atomic mass is 16.5. The first-order valence-electron chi connectivity index (χ1n) is 6.20. The normalized spacial score (nSPS) is 39.8. The lowest BCUT2D eigenvalue weighted by Gasteiger charge is -2.50. The van der Waals surface area contributed by atoms with Crippen LogP contribution in [-0.4, -0.2) is 35.1 Å². The number of fused-ring (bicyclic) bond motifs is 3. The summed E-state index contributed by atoms with van der Waals surface area (Å²) in [6, 6.07) is 2.02. The van der Waals surface area contributed by atoms with Crippen molar-refractivity contribution in [2.45, 2.75) is 24.9 Å². The summed E-state index contributed by atoms with van der Waals surface area (Å²) in [6.07, 6.45) is 7.49. The topological polar surface area (TPSA) is 25.4 Å². The molecule has 1 atom stereocenters. The molecule has 0 radical (unpaired) electrons. The summed E-state index contributed by atoms with van der Waals surface area (Å²) in [5.74, 6) is 1.83. The Hall–Kier alpha value is -1.09. The third kappa shape index (κ3) is 1.09. The molecule has 4 aliphatic heterocycles. The Balaban J connectivity index is 1.72. The van der Waals surface area contributed by atoms with Crippen LogP contribution in [0.1, 0.15) is 18.4 Å². The smallest absolute Gasteiger partial charge is 0.129 e. The van der Waals surface area contributed by atoms with Gasteiger partial charge in [-0.25, -0.2) is 0 Å². The van der Waals surface area contributed by atoms with Gasteiger partial charge in [-0.05, 0) is 32.0 Å². The second-order valence-corrected chi connectivity index (χ2v) is 5.38. The first-order valence-corrected chi connectivity index (χ1v) is 6.20. The number of hydrogen-bond donors (Lipinski definition) is 0. The van der Waals surface area contributed by atoms with Gasteiger partial charge in [0.15, 0.2) is 0 Å². The number of aromatic nitrogens is 1. The van der Waals surface area contributed by atoms with E-state index in [1.165, 1.54) is 31.5 Å². The maximum atomic E-state index is 6.29. The van der Waals surface area contributed by atoms with Gasteiger partial charge in [0.25, 0.3) is 0 Å². The van der Waals surface area contributed by atoms with E-state index < -0.39 is 0 Å². The van der Waals surface area contributed by atoms with Gasteiger partial charge in [0.2, 0.25) is 0 Å². The van der Waals surface area contributed by atoms with Gasteiger partial charge < -0.3 is 4.74 Å². The molecule has 3 fully saturated rings. The van der Waals surface area contributed by atoms with Crippen molar-refractivity contribution in [2.24, 2.45) is 5.92 Å². The Kier molecular flexibility index (Phi) is 1.67. The van der Waals surface area contributed by atoms with Gasteiger partial charge in [-0.2, -0.15) is 0 Å². The molecule has 4 aliphatic rings. The number of rotatable bonds is 0. The maximum absolute atomic E-state index is 6.29. The number of nitrogens with zero attached hydrogens (tertiary/aromatic N) is 2. The second kappa shape index (κ2) is 2.98. The van der Waals surface area contributed by atoms with Gasteiger partial charge in [0, 0.05) is 36.8 Å². The number of hydrogen-bond acceptors (Lipinski definition) is 3. The molecule has 16 heavy (non-hydrogen) atoms. The van der Waals surface area contributed by atoms with Gasteiger partial charge in [0.1, 0.15) is 11.4 Å². The van der Waals surface area contributed by atoms with Crippen LogP contribution in [0.2, 0.25) is 0 Å². The maximum Gasteiger partial charge on any atom is 0.129 e. The van der Waals surface area contributed by atoms with Gasteiger partial charge in [-0.15, -0.1) is 0 Å². The van der Waals surface area contributed by atoms with Gasteiger partial charge in [-0.3, -0.25) is 9.88 Å². The fourth-order valence-electron chi connectivity index (χ4n) is 3.66. The van der Waals surface area contributed by atoms with Crippen LogP contribution in [0.5, 0.6) is 5.75 Å². The molecule has 0 N–H and O–H groups in total. The molecule has 0 amide bonds. The number of pyridine rings is 1. The summed E-state index contributed by atoms with van der Waals surface area (Å²) in [7, 11) is 0. The molecule has 2 bridgehead atoms. The van der Waals surface area contributed by atoms with Crippen LogP contribution in [0.25, 0.3) is 0 Å². The lowest BCUT2D eigenvalue weighted by molar-refractivity contribution is -0.0798. The Labute approximate surface area is 95.4 Å². The molecule has 0 aliphatic carbocycles. The van der Waals surface area contributed by atoms with Gasteiger partial charge in [-0.1, -0.05) is 0 Å². The molecule has 84 valence electrons. The summed E-state index contributed by atoms with van der Waals surface area (Å²) in [5.41, 5.74) is 1.39. The van der Waals surface area contributed by atoms with Crippen molar-refractivity contribution in [2.75, 3.05) is 19.6 Å². The van der Waals surface area contributed by atoms with E-state index in [1.807, 2.05) is 18.5 Å². The summed E-state index contributed by atoms with van der Waals surface area (Å²) < 4.78 is 6.29. The molecule has 1 aromatic heterocycles. The van der Waals surface area contributed by atoms with E-state index >= 15 is 0 Å². The van der Waals surface area contributed by atoms with E-state index in [9.17, 15) is 0 Å². The molecular formula is C13H16N2O. The highest BCUT2D eigenvalue weighted by Crippen LogP contribution is 2.46. The van der Waals surface area contributed by atoms with Crippen molar-refractivity contribution in [1.82, 2.24) is 9.88 Å². The van der Waals surface area contributed by atoms with Crippen molar-refractivity contribution in [1.29, 1.82) is 0 Å². The predicted molar refractivity (Wildman–Crippen MR) is 60.5 cm³/mol. The van der Waals surface area contributed by atoms with E-state index in [-0.39, 0.29) is 5.60 Å². The minimum absolute atomic E-state index is 0.0852. The first-order chi connectivity index (χ1) is 7.86. The summed E-state index contributed by atoms with van der Waals surface area (Å²) in [4.78, 5) is 6.76. The predicted octanol–water partition coefficient (Wildman–Crippen LogP) is 1.48. The average Bonchev–Trinajstić information content (AvgIpc) is 2.68. The highest BCUT2D eigenvalue weighted by molar-refractivity contribution is 5.38. The molecular weight excluding hydrogens is 200 g/mol. The Morgan fingerprint density at radius 3 is 2.94 bits per heavy atom. The van der Waals surface area contributed by atoms with Gasteiger partial charge in [0.05, 0.1) is 0 Å². The Morgan fingerprint density at radius 2 is 2.25 bits per heavy atom. The monoisotopic (exact) mass is 216 g/mol. The molecule has 5 rings (SSSR count). The third-order valence-electron chi connectivity index (χ3n) is 4.48. The molecule has 1 spiro atoms. The van der Waals surface area contributed by atoms with Crippen molar-refractivity contribution >= 4 is 0 Å². The molecule has 0 saturated carbocycles. The van der Waals surface area contributed by atoms with Gasteiger partial charge >= 0.3 is 0 Å². The van der Waals surface area contributed by atoms with Crippen LogP contribution in [-0.2, 0) is 6.42 Å². The second-order valence-electron chi connectivity index (χ2n) is 5.38. The van der Waals surface area contributed by atoms with Crippen LogP contribution in [0.3, 0.4) is 0 Å². The number of piperidine rings is 3. The minimum Gasteiger partial charge on any atom is -0.485 e. The van der Waals surface area contributed by atoms with Crippen molar-refractivity contribution < 1.29 is 4.74 Å². The van der Waals surface area contributed by atoms with Crippen LogP contribution < -0.4 is 4.74 Å². The van der Waals surface area contributed by atoms with Crippen molar-refractivity contribution in [3.8, 4) is 5.75 Å². The number of ether oxygens (including phenoxy) is 1. The fourth-order valence-corrected chi connectivity index (χ4v) is 3.66. The summed E-state index contributed by atoms with van der Waals surface area (Å²) in [6.45, 7) is 3.65. The summed E-state index contributed by atoms with van der Waals surface area (Å²) in [5, 5.41) is 0. The Morgan fingerprint density at radius 1 is 1.38 bits per heavy atom. The van der Waals surface area contributed by atoms with E-state index in [1.54, 1.807) is 0 Å². The third-order valence-corrected chi connectivity index (χ3v) is 4.48. The quantitative estimate of drug-likeness (QED) is 0.657. The van der Waals surface area contributed by atoms with E-state index in [0.717, 1.165) is 24.6 Å². The van der Waals surface area contributed by atoms with Crippen molar-refractivity contribution in [3.05, 3.63) is 24.0 Å². The Bertz CT molecular complexity index is 399.